The Morgan fingerprint density at radius 3 is 2.53 bits per heavy atom. The molecule has 0 saturated carbocycles. The first-order valence-corrected chi connectivity index (χ1v) is 5.98. The molecule has 1 rings (SSSR count). The second-order valence-electron chi connectivity index (χ2n) is 3.77. The Hall–Kier alpha value is -2.29. The van der Waals surface area contributed by atoms with Crippen molar-refractivity contribution < 1.29 is 9.47 Å². The fourth-order valence-corrected chi connectivity index (χ4v) is 1.61. The van der Waals surface area contributed by atoms with E-state index in [0.717, 1.165) is 22.6 Å². The summed E-state index contributed by atoms with van der Waals surface area (Å²) in [7, 11) is 3.27. The summed E-state index contributed by atoms with van der Waals surface area (Å²) in [6.07, 6.45) is 10.7. The third-order valence-electron chi connectivity index (χ3n) is 2.53. The lowest BCUT2D eigenvalue weighted by Gasteiger charge is -2.07. The fraction of sp³-hybridized carbons (Fsp3) is 0.188. The van der Waals surface area contributed by atoms with Crippen molar-refractivity contribution in [2.75, 3.05) is 14.2 Å². The van der Waals surface area contributed by atoms with Crippen LogP contribution in [-0.4, -0.2) is 20.4 Å². The van der Waals surface area contributed by atoms with Crippen LogP contribution < -0.4 is 9.47 Å². The number of rotatable bonds is 6. The minimum Gasteiger partial charge on any atom is -0.497 e. The van der Waals surface area contributed by atoms with Crippen LogP contribution in [0.1, 0.15) is 12.5 Å². The molecule has 0 bridgehead atoms. The summed E-state index contributed by atoms with van der Waals surface area (Å²) in [5.74, 6) is 1.57. The van der Waals surface area contributed by atoms with Crippen LogP contribution >= 0.6 is 0 Å². The molecule has 3 nitrogen and oxygen atoms in total. The Morgan fingerprint density at radius 1 is 1.16 bits per heavy atom. The highest BCUT2D eigenvalue weighted by molar-refractivity contribution is 5.73. The van der Waals surface area contributed by atoms with Crippen LogP contribution in [0.5, 0.6) is 11.5 Å². The maximum Gasteiger partial charge on any atom is 0.126 e. The molecule has 0 fully saturated rings. The lowest BCUT2D eigenvalue weighted by Crippen LogP contribution is -1.89. The van der Waals surface area contributed by atoms with Crippen LogP contribution in [-0.2, 0) is 0 Å². The number of ether oxygens (including phenoxy) is 2. The molecular formula is C16H19NO2. The monoisotopic (exact) mass is 257 g/mol. The predicted molar refractivity (Wildman–Crippen MR) is 80.3 cm³/mol. The van der Waals surface area contributed by atoms with Crippen LogP contribution in [0.4, 0.5) is 0 Å². The minimum absolute atomic E-state index is 0.782. The Bertz CT molecular complexity index is 513. The first kappa shape index (κ1) is 14.8. The van der Waals surface area contributed by atoms with E-state index in [0.29, 0.717) is 0 Å². The van der Waals surface area contributed by atoms with Crippen molar-refractivity contribution in [1.82, 2.24) is 0 Å². The SMILES string of the molecule is C\C=C/C(/C=C/c1cc(OC)ccc1OC)=C\C=N. The highest BCUT2D eigenvalue weighted by Gasteiger charge is 2.01. The molecule has 1 aromatic carbocycles. The van der Waals surface area contributed by atoms with E-state index in [1.54, 1.807) is 20.3 Å². The van der Waals surface area contributed by atoms with Crippen molar-refractivity contribution in [1.29, 1.82) is 5.41 Å². The van der Waals surface area contributed by atoms with E-state index in [1.165, 1.54) is 6.21 Å². The highest BCUT2D eigenvalue weighted by atomic mass is 16.5. The molecule has 0 aliphatic carbocycles. The van der Waals surface area contributed by atoms with Crippen molar-refractivity contribution in [3.8, 4) is 11.5 Å². The summed E-state index contributed by atoms with van der Waals surface area (Å²) < 4.78 is 10.5. The van der Waals surface area contributed by atoms with Crippen molar-refractivity contribution in [2.24, 2.45) is 0 Å². The van der Waals surface area contributed by atoms with Crippen LogP contribution in [0.25, 0.3) is 6.08 Å². The summed E-state index contributed by atoms with van der Waals surface area (Å²) in [4.78, 5) is 0. The molecule has 0 unspecified atom stereocenters. The quantitative estimate of drug-likeness (QED) is 0.621. The van der Waals surface area contributed by atoms with Crippen molar-refractivity contribution in [3.63, 3.8) is 0 Å². The molecule has 0 heterocycles. The molecule has 0 aliphatic heterocycles. The maximum absolute atomic E-state index is 7.12. The zero-order chi connectivity index (χ0) is 14.1. The molecule has 0 radical (unpaired) electrons. The molecule has 3 heteroatoms. The second kappa shape index (κ2) is 7.93. The molecule has 0 spiro atoms. The second-order valence-corrected chi connectivity index (χ2v) is 3.77. The van der Waals surface area contributed by atoms with Gasteiger partial charge in [-0.15, -0.1) is 0 Å². The van der Waals surface area contributed by atoms with Gasteiger partial charge in [-0.3, -0.25) is 0 Å². The number of methoxy groups -OCH3 is 2. The van der Waals surface area contributed by atoms with Gasteiger partial charge in [0.05, 0.1) is 14.2 Å². The Labute approximate surface area is 114 Å². The summed E-state index contributed by atoms with van der Waals surface area (Å²) in [5.41, 5.74) is 1.88. The lowest BCUT2D eigenvalue weighted by atomic mass is 10.1. The van der Waals surface area contributed by atoms with E-state index in [2.05, 4.69) is 0 Å². The molecule has 1 aromatic rings. The van der Waals surface area contributed by atoms with E-state index in [1.807, 2.05) is 49.4 Å². The molecule has 1 N–H and O–H groups in total. The number of allylic oxidation sites excluding steroid dienone is 5. The molecular weight excluding hydrogens is 238 g/mol. The molecule has 100 valence electrons. The number of hydrogen-bond donors (Lipinski definition) is 1. The Kier molecular flexibility index (Phi) is 6.16. The Morgan fingerprint density at radius 2 is 1.95 bits per heavy atom. The first-order valence-electron chi connectivity index (χ1n) is 5.98. The fourth-order valence-electron chi connectivity index (χ4n) is 1.61. The van der Waals surface area contributed by atoms with Gasteiger partial charge in [-0.2, -0.15) is 0 Å². The summed E-state index contributed by atoms with van der Waals surface area (Å²) >= 11 is 0. The minimum atomic E-state index is 0.782. The van der Waals surface area contributed by atoms with Gasteiger partial charge in [-0.25, -0.2) is 0 Å². The van der Waals surface area contributed by atoms with Crippen LogP contribution in [0.3, 0.4) is 0 Å². The number of hydrogen-bond acceptors (Lipinski definition) is 3. The van der Waals surface area contributed by atoms with Crippen LogP contribution in [0.2, 0.25) is 0 Å². The number of benzene rings is 1. The van der Waals surface area contributed by atoms with E-state index in [-0.39, 0.29) is 0 Å². The maximum atomic E-state index is 7.12. The smallest absolute Gasteiger partial charge is 0.126 e. The van der Waals surface area contributed by atoms with E-state index in [4.69, 9.17) is 14.9 Å². The van der Waals surface area contributed by atoms with Gasteiger partial charge in [0, 0.05) is 11.8 Å². The molecule has 19 heavy (non-hydrogen) atoms. The molecule has 0 aliphatic rings. The topological polar surface area (TPSA) is 42.3 Å². The Balaban J connectivity index is 3.08. The van der Waals surface area contributed by atoms with Crippen LogP contribution in [0.15, 0.2) is 48.1 Å². The van der Waals surface area contributed by atoms with Crippen molar-refractivity contribution >= 4 is 12.3 Å². The normalized spacial score (nSPS) is 12.1. The molecule has 0 amide bonds. The zero-order valence-electron chi connectivity index (χ0n) is 11.5. The van der Waals surface area contributed by atoms with Gasteiger partial charge in [0.2, 0.25) is 0 Å². The zero-order valence-corrected chi connectivity index (χ0v) is 11.5. The van der Waals surface area contributed by atoms with Crippen LogP contribution in [0, 0.1) is 5.41 Å². The van der Waals surface area contributed by atoms with Gasteiger partial charge >= 0.3 is 0 Å². The van der Waals surface area contributed by atoms with Crippen molar-refractivity contribution in [3.05, 3.63) is 53.6 Å². The number of nitrogens with one attached hydrogen (secondary N) is 1. The standard InChI is InChI=1S/C16H19NO2/c1-4-5-13(10-11-17)6-7-14-12-15(18-2)8-9-16(14)19-3/h4-12,17H,1-3H3/b5-4-,7-6+,13-10+,17-11?. The van der Waals surface area contributed by atoms with Gasteiger partial charge in [0.1, 0.15) is 11.5 Å². The highest BCUT2D eigenvalue weighted by Crippen LogP contribution is 2.25. The van der Waals surface area contributed by atoms with E-state index < -0.39 is 0 Å². The largest absolute Gasteiger partial charge is 0.497 e. The van der Waals surface area contributed by atoms with E-state index >= 15 is 0 Å². The third-order valence-corrected chi connectivity index (χ3v) is 2.53. The van der Waals surface area contributed by atoms with Gasteiger partial charge in [0.25, 0.3) is 0 Å². The molecule has 0 aromatic heterocycles. The predicted octanol–water partition coefficient (Wildman–Crippen LogP) is 3.87. The summed E-state index contributed by atoms with van der Waals surface area (Å²) in [5, 5.41) is 7.12. The molecule has 0 atom stereocenters. The van der Waals surface area contributed by atoms with Gasteiger partial charge in [-0.05, 0) is 36.8 Å². The molecule has 0 saturated heterocycles. The van der Waals surface area contributed by atoms with Gasteiger partial charge < -0.3 is 14.9 Å². The first-order chi connectivity index (χ1) is 9.24. The lowest BCUT2D eigenvalue weighted by molar-refractivity contribution is 0.402. The average Bonchev–Trinajstić information content (AvgIpc) is 2.44. The summed E-state index contributed by atoms with van der Waals surface area (Å²) in [6.45, 7) is 1.94. The summed E-state index contributed by atoms with van der Waals surface area (Å²) in [6, 6.07) is 5.64. The average molecular weight is 257 g/mol. The van der Waals surface area contributed by atoms with Gasteiger partial charge in [0.15, 0.2) is 0 Å². The van der Waals surface area contributed by atoms with Crippen molar-refractivity contribution in [2.45, 2.75) is 6.92 Å². The third kappa shape index (κ3) is 4.47. The van der Waals surface area contributed by atoms with E-state index in [9.17, 15) is 0 Å². The van der Waals surface area contributed by atoms with Gasteiger partial charge in [-0.1, -0.05) is 24.3 Å².